The van der Waals surface area contributed by atoms with Gasteiger partial charge in [-0.1, -0.05) is 10.3 Å². The third kappa shape index (κ3) is 4.02. The van der Waals surface area contributed by atoms with Crippen LogP contribution in [0.2, 0.25) is 0 Å². The fraction of sp³-hybridized carbons (Fsp3) is 0.167. The number of ether oxygens (including phenoxy) is 1. The Morgan fingerprint density at radius 1 is 1.45 bits per heavy atom. The molecule has 0 bridgehead atoms. The van der Waals surface area contributed by atoms with Crippen molar-refractivity contribution >= 4 is 23.5 Å². The fourth-order valence-electron chi connectivity index (χ4n) is 1.35. The topological polar surface area (TPSA) is 98.6 Å². The summed E-state index contributed by atoms with van der Waals surface area (Å²) in [6.07, 6.45) is 1.61. The van der Waals surface area contributed by atoms with Crippen LogP contribution in [-0.2, 0) is 6.61 Å². The summed E-state index contributed by atoms with van der Waals surface area (Å²) in [5, 5.41) is 11.4. The Labute approximate surface area is 120 Å². The number of nitrogens with two attached hydrogens (primary N) is 1. The van der Waals surface area contributed by atoms with E-state index in [0.717, 1.165) is 11.3 Å². The second-order valence-corrected chi connectivity index (χ2v) is 4.33. The second kappa shape index (κ2) is 6.62. The lowest BCUT2D eigenvalue weighted by Crippen LogP contribution is -2.23. The number of rotatable bonds is 5. The van der Waals surface area contributed by atoms with Crippen molar-refractivity contribution in [3.05, 3.63) is 41.2 Å². The summed E-state index contributed by atoms with van der Waals surface area (Å²) in [5.74, 6) is 0.715. The maximum atomic E-state index is 5.57. The predicted octanol–water partition coefficient (Wildman–Crippen LogP) is 1.12. The van der Waals surface area contributed by atoms with E-state index in [4.69, 9.17) is 10.5 Å². The highest BCUT2D eigenvalue weighted by Gasteiger charge is 2.05. The molecule has 3 N–H and O–H groups in total. The molecular weight excluding hydrogens is 278 g/mol. The molecule has 0 spiro atoms. The van der Waals surface area contributed by atoms with E-state index in [1.165, 1.54) is 0 Å². The first-order chi connectivity index (χ1) is 9.65. The van der Waals surface area contributed by atoms with E-state index in [-0.39, 0.29) is 5.11 Å². The smallest absolute Gasteiger partial charge is 0.184 e. The molecule has 0 radical (unpaired) electrons. The van der Waals surface area contributed by atoms with Gasteiger partial charge in [0.05, 0.1) is 6.21 Å². The number of aromatic nitrogens is 2. The van der Waals surface area contributed by atoms with Gasteiger partial charge in [0.2, 0.25) is 0 Å². The molecule has 0 aliphatic rings. The summed E-state index contributed by atoms with van der Waals surface area (Å²) >= 11 is 4.63. The van der Waals surface area contributed by atoms with E-state index in [9.17, 15) is 0 Å². The maximum absolute atomic E-state index is 5.57. The zero-order chi connectivity index (χ0) is 14.4. The molecule has 2 aromatic rings. The first-order valence-electron chi connectivity index (χ1n) is 5.74. The van der Waals surface area contributed by atoms with Crippen molar-refractivity contribution in [3.8, 4) is 5.75 Å². The Kier molecular flexibility index (Phi) is 4.61. The van der Waals surface area contributed by atoms with Crippen molar-refractivity contribution in [1.82, 2.24) is 15.7 Å². The van der Waals surface area contributed by atoms with Crippen LogP contribution in [0.5, 0.6) is 5.75 Å². The Bertz CT molecular complexity index is 609. The number of nitrogens with zero attached hydrogens (tertiary/aromatic N) is 3. The highest BCUT2D eigenvalue weighted by Crippen LogP contribution is 2.13. The SMILES string of the molecule is Cc1nonc1COc1ccc(/C=N/NC(N)=S)cc1. The molecule has 1 aromatic heterocycles. The van der Waals surface area contributed by atoms with Gasteiger partial charge in [0.1, 0.15) is 23.7 Å². The number of nitrogens with one attached hydrogen (secondary N) is 1. The molecule has 0 aliphatic heterocycles. The van der Waals surface area contributed by atoms with Gasteiger partial charge < -0.3 is 10.5 Å². The quantitative estimate of drug-likeness (QED) is 0.484. The van der Waals surface area contributed by atoms with Gasteiger partial charge in [-0.2, -0.15) is 5.10 Å². The van der Waals surface area contributed by atoms with Gasteiger partial charge in [-0.3, -0.25) is 5.43 Å². The van der Waals surface area contributed by atoms with Gasteiger partial charge in [-0.15, -0.1) is 0 Å². The molecule has 0 saturated carbocycles. The van der Waals surface area contributed by atoms with Crippen LogP contribution in [0, 0.1) is 6.92 Å². The lowest BCUT2D eigenvalue weighted by atomic mass is 10.2. The van der Waals surface area contributed by atoms with Crippen LogP contribution < -0.4 is 15.9 Å². The number of hydrogen-bond donors (Lipinski definition) is 2. The molecule has 0 aliphatic carbocycles. The molecule has 0 amide bonds. The lowest BCUT2D eigenvalue weighted by molar-refractivity contribution is 0.270. The Morgan fingerprint density at radius 3 is 2.80 bits per heavy atom. The lowest BCUT2D eigenvalue weighted by Gasteiger charge is -2.04. The van der Waals surface area contributed by atoms with Crippen molar-refractivity contribution in [3.63, 3.8) is 0 Å². The van der Waals surface area contributed by atoms with Crippen molar-refractivity contribution in [2.24, 2.45) is 10.8 Å². The van der Waals surface area contributed by atoms with Crippen LogP contribution in [0.15, 0.2) is 34.0 Å². The Hall–Kier alpha value is -2.48. The normalized spacial score (nSPS) is 10.7. The van der Waals surface area contributed by atoms with E-state index in [1.54, 1.807) is 6.21 Å². The predicted molar refractivity (Wildman–Crippen MR) is 77.3 cm³/mol. The van der Waals surface area contributed by atoms with Crippen LogP contribution in [0.1, 0.15) is 17.0 Å². The molecule has 0 fully saturated rings. The summed E-state index contributed by atoms with van der Waals surface area (Å²) in [6.45, 7) is 2.12. The van der Waals surface area contributed by atoms with Crippen LogP contribution in [0.25, 0.3) is 0 Å². The Morgan fingerprint density at radius 2 is 2.20 bits per heavy atom. The minimum atomic E-state index is 0.123. The van der Waals surface area contributed by atoms with Crippen LogP contribution in [0.3, 0.4) is 0 Å². The summed E-state index contributed by atoms with van der Waals surface area (Å²) in [6, 6.07) is 7.36. The first-order valence-corrected chi connectivity index (χ1v) is 6.15. The molecule has 7 nitrogen and oxygen atoms in total. The number of thiocarbonyl (C=S) groups is 1. The zero-order valence-electron chi connectivity index (χ0n) is 10.7. The van der Waals surface area contributed by atoms with Gasteiger partial charge in [0.25, 0.3) is 0 Å². The number of hydrazone groups is 1. The van der Waals surface area contributed by atoms with E-state index < -0.39 is 0 Å². The molecule has 2 rings (SSSR count). The molecule has 0 unspecified atom stereocenters. The maximum Gasteiger partial charge on any atom is 0.184 e. The third-order valence-electron chi connectivity index (χ3n) is 2.39. The van der Waals surface area contributed by atoms with Gasteiger partial charge >= 0.3 is 0 Å². The minimum Gasteiger partial charge on any atom is -0.487 e. The average Bonchev–Trinajstić information content (AvgIpc) is 2.83. The van der Waals surface area contributed by atoms with Crippen molar-refractivity contribution in [2.45, 2.75) is 13.5 Å². The highest BCUT2D eigenvalue weighted by atomic mass is 32.1. The number of hydrogen-bond acceptors (Lipinski definition) is 6. The molecule has 0 saturated heterocycles. The van der Waals surface area contributed by atoms with Crippen LogP contribution >= 0.6 is 12.2 Å². The first kappa shape index (κ1) is 13.9. The van der Waals surface area contributed by atoms with Gasteiger partial charge in [0.15, 0.2) is 5.11 Å². The molecule has 0 atom stereocenters. The summed E-state index contributed by atoms with van der Waals surface area (Å²) in [7, 11) is 0. The van der Waals surface area contributed by atoms with E-state index in [1.807, 2.05) is 31.2 Å². The minimum absolute atomic E-state index is 0.123. The molecule has 20 heavy (non-hydrogen) atoms. The summed E-state index contributed by atoms with van der Waals surface area (Å²) in [5.41, 5.74) is 10.0. The molecule has 1 heterocycles. The van der Waals surface area contributed by atoms with E-state index in [2.05, 4.69) is 37.7 Å². The standard InChI is InChI=1S/C12H13N5O2S/c1-8-11(17-19-16-8)7-18-10-4-2-9(3-5-10)6-14-15-12(13)20/h2-6H,7H2,1H3,(H3,13,15,20)/b14-6+. The fourth-order valence-corrected chi connectivity index (χ4v) is 1.41. The Balaban J connectivity index is 1.90. The van der Waals surface area contributed by atoms with Gasteiger partial charge in [-0.25, -0.2) is 4.63 Å². The van der Waals surface area contributed by atoms with Gasteiger partial charge in [0, 0.05) is 0 Å². The summed E-state index contributed by atoms with van der Waals surface area (Å²) < 4.78 is 10.2. The molecule has 1 aromatic carbocycles. The number of benzene rings is 1. The molecule has 8 heteroatoms. The van der Waals surface area contributed by atoms with Crippen LogP contribution in [0.4, 0.5) is 0 Å². The zero-order valence-corrected chi connectivity index (χ0v) is 11.6. The van der Waals surface area contributed by atoms with Crippen LogP contribution in [-0.4, -0.2) is 21.6 Å². The third-order valence-corrected chi connectivity index (χ3v) is 2.48. The average molecular weight is 291 g/mol. The van der Waals surface area contributed by atoms with E-state index in [0.29, 0.717) is 18.1 Å². The number of aryl methyl sites for hydroxylation is 1. The summed E-state index contributed by atoms with van der Waals surface area (Å²) in [4.78, 5) is 0. The van der Waals surface area contributed by atoms with Crippen molar-refractivity contribution < 1.29 is 9.37 Å². The van der Waals surface area contributed by atoms with E-state index >= 15 is 0 Å². The molecule has 104 valence electrons. The largest absolute Gasteiger partial charge is 0.487 e. The van der Waals surface area contributed by atoms with Gasteiger partial charge in [-0.05, 0) is 49.0 Å². The highest BCUT2D eigenvalue weighted by molar-refractivity contribution is 7.80. The van der Waals surface area contributed by atoms with Crippen molar-refractivity contribution in [1.29, 1.82) is 0 Å². The second-order valence-electron chi connectivity index (χ2n) is 3.89. The molecular formula is C12H13N5O2S. The van der Waals surface area contributed by atoms with Crippen molar-refractivity contribution in [2.75, 3.05) is 0 Å². The monoisotopic (exact) mass is 291 g/mol.